The smallest absolute Gasteiger partial charge is 0.244 e. The molecule has 0 atom stereocenters. The molecule has 1 fully saturated rings. The second-order valence-corrected chi connectivity index (χ2v) is 5.21. The van der Waals surface area contributed by atoms with E-state index in [0.29, 0.717) is 17.7 Å². The molecule has 96 valence electrons. The molecule has 1 aliphatic rings. The van der Waals surface area contributed by atoms with E-state index in [2.05, 4.69) is 20.1 Å². The highest BCUT2D eigenvalue weighted by molar-refractivity contribution is 5.30. The van der Waals surface area contributed by atoms with E-state index < -0.39 is 5.60 Å². The Morgan fingerprint density at radius 3 is 2.59 bits per heavy atom. The summed E-state index contributed by atoms with van der Waals surface area (Å²) in [6.45, 7) is 6.02. The number of aliphatic hydroxyl groups is 1. The molecule has 17 heavy (non-hydrogen) atoms. The fraction of sp³-hybridized carbons (Fsp3) is 0.818. The summed E-state index contributed by atoms with van der Waals surface area (Å²) in [5, 5.41) is 16.8. The van der Waals surface area contributed by atoms with Gasteiger partial charge in [0, 0.05) is 13.1 Å². The number of H-pyrrole nitrogens is 1. The van der Waals surface area contributed by atoms with Gasteiger partial charge >= 0.3 is 0 Å². The van der Waals surface area contributed by atoms with Crippen molar-refractivity contribution in [2.75, 3.05) is 24.5 Å². The zero-order valence-corrected chi connectivity index (χ0v) is 10.5. The van der Waals surface area contributed by atoms with E-state index in [4.69, 9.17) is 5.73 Å². The summed E-state index contributed by atoms with van der Waals surface area (Å²) in [5.41, 5.74) is 4.69. The van der Waals surface area contributed by atoms with E-state index in [1.807, 2.05) is 0 Å². The van der Waals surface area contributed by atoms with Crippen molar-refractivity contribution in [3.63, 3.8) is 0 Å². The molecular weight excluding hydrogens is 218 g/mol. The van der Waals surface area contributed by atoms with E-state index >= 15 is 0 Å². The quantitative estimate of drug-likeness (QED) is 0.701. The lowest BCUT2D eigenvalue weighted by atomic mass is 9.97. The number of aromatic amines is 1. The van der Waals surface area contributed by atoms with E-state index in [1.54, 1.807) is 13.8 Å². The fourth-order valence-electron chi connectivity index (χ4n) is 2.04. The monoisotopic (exact) mass is 239 g/mol. The van der Waals surface area contributed by atoms with Crippen LogP contribution in [0.3, 0.4) is 0 Å². The summed E-state index contributed by atoms with van der Waals surface area (Å²) in [5.74, 6) is 1.81. The van der Waals surface area contributed by atoms with Gasteiger partial charge in [0.05, 0.1) is 0 Å². The van der Waals surface area contributed by atoms with Crippen molar-refractivity contribution in [3.8, 4) is 0 Å². The summed E-state index contributed by atoms with van der Waals surface area (Å²) in [7, 11) is 0. The van der Waals surface area contributed by atoms with Crippen LogP contribution in [0.25, 0.3) is 0 Å². The summed E-state index contributed by atoms with van der Waals surface area (Å²) in [4.78, 5) is 6.47. The number of nitrogens with zero attached hydrogens (tertiary/aromatic N) is 3. The Labute approximate surface area is 101 Å². The number of hydrogen-bond acceptors (Lipinski definition) is 5. The highest BCUT2D eigenvalue weighted by Crippen LogP contribution is 2.22. The Bertz CT molecular complexity index is 362. The van der Waals surface area contributed by atoms with Crippen LogP contribution in [0.15, 0.2) is 0 Å². The predicted molar refractivity (Wildman–Crippen MR) is 65.6 cm³/mol. The van der Waals surface area contributed by atoms with Crippen molar-refractivity contribution in [1.29, 1.82) is 0 Å². The van der Waals surface area contributed by atoms with Crippen LogP contribution < -0.4 is 10.6 Å². The number of nitrogens with one attached hydrogen (secondary N) is 1. The molecule has 1 aromatic rings. The molecule has 6 heteroatoms. The molecule has 2 heterocycles. The molecule has 2 rings (SSSR count). The van der Waals surface area contributed by atoms with Crippen LogP contribution in [0.4, 0.5) is 5.95 Å². The molecule has 1 aliphatic heterocycles. The average molecular weight is 239 g/mol. The highest BCUT2D eigenvalue weighted by atomic mass is 16.3. The van der Waals surface area contributed by atoms with Crippen molar-refractivity contribution in [1.82, 2.24) is 15.2 Å². The molecule has 1 saturated heterocycles. The minimum Gasteiger partial charge on any atom is -0.382 e. The van der Waals surface area contributed by atoms with Crippen molar-refractivity contribution in [2.45, 2.75) is 32.3 Å². The second-order valence-electron chi connectivity index (χ2n) is 5.21. The Balaban J connectivity index is 2.02. The SMILES string of the molecule is CC(C)(O)c1nc(N2CCC(CN)CC2)n[nH]1. The van der Waals surface area contributed by atoms with Crippen LogP contribution >= 0.6 is 0 Å². The zero-order chi connectivity index (χ0) is 12.5. The van der Waals surface area contributed by atoms with Crippen LogP contribution in [0, 0.1) is 5.92 Å². The Kier molecular flexibility index (Phi) is 3.35. The third kappa shape index (κ3) is 2.76. The summed E-state index contributed by atoms with van der Waals surface area (Å²) < 4.78 is 0. The molecule has 0 spiro atoms. The first-order valence-corrected chi connectivity index (χ1v) is 6.11. The first-order valence-electron chi connectivity index (χ1n) is 6.11. The van der Waals surface area contributed by atoms with Crippen LogP contribution in [-0.2, 0) is 5.60 Å². The molecule has 6 nitrogen and oxygen atoms in total. The summed E-state index contributed by atoms with van der Waals surface area (Å²) >= 11 is 0. The number of hydrogen-bond donors (Lipinski definition) is 3. The maximum atomic E-state index is 9.81. The molecule has 0 unspecified atom stereocenters. The van der Waals surface area contributed by atoms with Gasteiger partial charge in [0.25, 0.3) is 0 Å². The number of nitrogens with two attached hydrogens (primary N) is 1. The van der Waals surface area contributed by atoms with Gasteiger partial charge in [0.2, 0.25) is 5.95 Å². The van der Waals surface area contributed by atoms with Crippen molar-refractivity contribution in [3.05, 3.63) is 5.82 Å². The van der Waals surface area contributed by atoms with E-state index in [0.717, 1.165) is 32.5 Å². The topological polar surface area (TPSA) is 91.1 Å². The predicted octanol–water partition coefficient (Wildman–Crippen LogP) is 0.207. The van der Waals surface area contributed by atoms with Crippen LogP contribution in [0.2, 0.25) is 0 Å². The largest absolute Gasteiger partial charge is 0.382 e. The maximum absolute atomic E-state index is 9.81. The fourth-order valence-corrected chi connectivity index (χ4v) is 2.04. The first kappa shape index (κ1) is 12.3. The molecule has 0 saturated carbocycles. The lowest BCUT2D eigenvalue weighted by molar-refractivity contribution is 0.0691. The molecule has 0 aliphatic carbocycles. The van der Waals surface area contributed by atoms with E-state index in [1.165, 1.54) is 0 Å². The van der Waals surface area contributed by atoms with Gasteiger partial charge in [0.15, 0.2) is 5.82 Å². The normalized spacial score (nSPS) is 18.7. The summed E-state index contributed by atoms with van der Waals surface area (Å²) in [6, 6.07) is 0. The average Bonchev–Trinajstić information content (AvgIpc) is 2.78. The molecule has 0 bridgehead atoms. The molecule has 0 radical (unpaired) electrons. The van der Waals surface area contributed by atoms with Gasteiger partial charge in [-0.05, 0) is 39.2 Å². The minimum absolute atomic E-state index is 0.508. The van der Waals surface area contributed by atoms with Gasteiger partial charge in [-0.25, -0.2) is 0 Å². The maximum Gasteiger partial charge on any atom is 0.244 e. The van der Waals surface area contributed by atoms with Crippen LogP contribution in [0.1, 0.15) is 32.5 Å². The number of aromatic nitrogens is 3. The third-order valence-corrected chi connectivity index (χ3v) is 3.28. The Morgan fingerprint density at radius 2 is 2.12 bits per heavy atom. The highest BCUT2D eigenvalue weighted by Gasteiger charge is 2.25. The van der Waals surface area contributed by atoms with Crippen LogP contribution in [0.5, 0.6) is 0 Å². The minimum atomic E-state index is -0.971. The lowest BCUT2D eigenvalue weighted by Gasteiger charge is -2.30. The molecule has 0 amide bonds. The molecule has 1 aromatic heterocycles. The molecule has 4 N–H and O–H groups in total. The number of piperidine rings is 1. The number of rotatable bonds is 3. The first-order chi connectivity index (χ1) is 8.00. The van der Waals surface area contributed by atoms with Crippen molar-refractivity contribution < 1.29 is 5.11 Å². The van der Waals surface area contributed by atoms with E-state index in [-0.39, 0.29) is 0 Å². The second kappa shape index (κ2) is 4.62. The van der Waals surface area contributed by atoms with Gasteiger partial charge in [-0.15, -0.1) is 5.10 Å². The molecule has 0 aromatic carbocycles. The van der Waals surface area contributed by atoms with Gasteiger partial charge in [-0.3, -0.25) is 5.10 Å². The van der Waals surface area contributed by atoms with Gasteiger partial charge in [-0.1, -0.05) is 0 Å². The Morgan fingerprint density at radius 1 is 1.47 bits per heavy atom. The van der Waals surface area contributed by atoms with Gasteiger partial charge in [0.1, 0.15) is 5.60 Å². The van der Waals surface area contributed by atoms with Crippen LogP contribution in [-0.4, -0.2) is 39.9 Å². The van der Waals surface area contributed by atoms with Crippen molar-refractivity contribution >= 4 is 5.95 Å². The lowest BCUT2D eigenvalue weighted by Crippen LogP contribution is -2.36. The third-order valence-electron chi connectivity index (χ3n) is 3.28. The summed E-state index contributed by atoms with van der Waals surface area (Å²) in [6.07, 6.45) is 2.17. The Hall–Kier alpha value is -1.14. The van der Waals surface area contributed by atoms with Gasteiger partial charge in [-0.2, -0.15) is 4.98 Å². The number of anilines is 1. The zero-order valence-electron chi connectivity index (χ0n) is 10.5. The molecular formula is C11H21N5O. The van der Waals surface area contributed by atoms with E-state index in [9.17, 15) is 5.11 Å². The standard InChI is InChI=1S/C11H21N5O/c1-11(2,17)9-13-10(15-14-9)16-5-3-8(7-12)4-6-16/h8,17H,3-7,12H2,1-2H3,(H,13,14,15). The van der Waals surface area contributed by atoms with Crippen molar-refractivity contribution in [2.24, 2.45) is 11.7 Å². The van der Waals surface area contributed by atoms with Gasteiger partial charge < -0.3 is 15.7 Å².